The zero-order valence-electron chi connectivity index (χ0n) is 12.3. The SMILES string of the molecule is C[C@@H](Sc1nccn1C1CC1)C(=O)NCc1ccc(Cl)cc1. The van der Waals surface area contributed by atoms with Crippen LogP contribution in [0.5, 0.6) is 0 Å². The lowest BCUT2D eigenvalue weighted by Crippen LogP contribution is -2.30. The molecule has 22 heavy (non-hydrogen) atoms. The summed E-state index contributed by atoms with van der Waals surface area (Å²) < 4.78 is 2.17. The van der Waals surface area contributed by atoms with Crippen molar-refractivity contribution in [3.05, 3.63) is 47.2 Å². The van der Waals surface area contributed by atoms with E-state index in [1.54, 1.807) is 6.20 Å². The second-order valence-electron chi connectivity index (χ2n) is 5.45. The van der Waals surface area contributed by atoms with Crippen molar-refractivity contribution in [1.82, 2.24) is 14.9 Å². The van der Waals surface area contributed by atoms with Gasteiger partial charge in [-0.05, 0) is 37.5 Å². The largest absolute Gasteiger partial charge is 0.351 e. The van der Waals surface area contributed by atoms with E-state index < -0.39 is 0 Å². The number of carbonyl (C=O) groups excluding carboxylic acids is 1. The number of hydrogen-bond acceptors (Lipinski definition) is 3. The maximum atomic E-state index is 12.2. The van der Waals surface area contributed by atoms with E-state index in [4.69, 9.17) is 11.6 Å². The van der Waals surface area contributed by atoms with Gasteiger partial charge in [-0.2, -0.15) is 0 Å². The lowest BCUT2D eigenvalue weighted by Gasteiger charge is -2.13. The van der Waals surface area contributed by atoms with E-state index in [2.05, 4.69) is 14.9 Å². The summed E-state index contributed by atoms with van der Waals surface area (Å²) in [6.45, 7) is 2.42. The minimum atomic E-state index is -0.174. The van der Waals surface area contributed by atoms with Gasteiger partial charge in [-0.1, -0.05) is 35.5 Å². The standard InChI is InChI=1S/C16H18ClN3OS/c1-11(22-16-18-8-9-20(16)14-6-7-14)15(21)19-10-12-2-4-13(17)5-3-12/h2-5,8-9,11,14H,6-7,10H2,1H3,(H,19,21)/t11-/m1/s1. The molecule has 3 rings (SSSR count). The number of hydrogen-bond donors (Lipinski definition) is 1. The van der Waals surface area contributed by atoms with Gasteiger partial charge in [0, 0.05) is 30.0 Å². The van der Waals surface area contributed by atoms with Crippen molar-refractivity contribution in [2.75, 3.05) is 0 Å². The fourth-order valence-electron chi connectivity index (χ4n) is 2.17. The molecule has 0 radical (unpaired) electrons. The first kappa shape index (κ1) is 15.4. The lowest BCUT2D eigenvalue weighted by molar-refractivity contribution is -0.120. The highest BCUT2D eigenvalue weighted by molar-refractivity contribution is 8.00. The average Bonchev–Trinajstić information content (AvgIpc) is 3.26. The third kappa shape index (κ3) is 3.84. The fraction of sp³-hybridized carbons (Fsp3) is 0.375. The van der Waals surface area contributed by atoms with E-state index in [1.165, 1.54) is 24.6 Å². The zero-order valence-corrected chi connectivity index (χ0v) is 13.9. The topological polar surface area (TPSA) is 46.9 Å². The molecule has 1 amide bonds. The third-order valence-corrected chi connectivity index (χ3v) is 4.95. The Morgan fingerprint density at radius 3 is 2.86 bits per heavy atom. The molecule has 116 valence electrons. The molecule has 2 aromatic rings. The van der Waals surface area contributed by atoms with Crippen LogP contribution in [0.3, 0.4) is 0 Å². The van der Waals surface area contributed by atoms with E-state index in [0.29, 0.717) is 17.6 Å². The molecule has 1 aromatic carbocycles. The summed E-state index contributed by atoms with van der Waals surface area (Å²) in [6.07, 6.45) is 6.22. The molecule has 1 N–H and O–H groups in total. The molecule has 1 atom stereocenters. The Bertz CT molecular complexity index is 652. The molecule has 0 saturated heterocycles. The van der Waals surface area contributed by atoms with Gasteiger partial charge in [0.05, 0.1) is 5.25 Å². The predicted octanol–water partition coefficient (Wildman–Crippen LogP) is 3.67. The highest BCUT2D eigenvalue weighted by Crippen LogP contribution is 2.38. The van der Waals surface area contributed by atoms with E-state index in [-0.39, 0.29) is 11.2 Å². The van der Waals surface area contributed by atoms with Gasteiger partial charge in [0.15, 0.2) is 5.16 Å². The van der Waals surface area contributed by atoms with Gasteiger partial charge in [0.1, 0.15) is 0 Å². The van der Waals surface area contributed by atoms with Crippen LogP contribution in [0.15, 0.2) is 41.8 Å². The van der Waals surface area contributed by atoms with Gasteiger partial charge < -0.3 is 9.88 Å². The first-order valence-corrected chi connectivity index (χ1v) is 8.61. The van der Waals surface area contributed by atoms with E-state index in [9.17, 15) is 4.79 Å². The molecule has 0 unspecified atom stereocenters. The number of amides is 1. The fourth-order valence-corrected chi connectivity index (χ4v) is 3.25. The Kier molecular flexibility index (Phi) is 4.74. The molecule has 1 heterocycles. The van der Waals surface area contributed by atoms with Crippen LogP contribution in [-0.2, 0) is 11.3 Å². The lowest BCUT2D eigenvalue weighted by atomic mass is 10.2. The summed E-state index contributed by atoms with van der Waals surface area (Å²) in [5.41, 5.74) is 1.04. The van der Waals surface area contributed by atoms with Gasteiger partial charge in [0.25, 0.3) is 0 Å². The molecule has 1 aliphatic rings. The van der Waals surface area contributed by atoms with Crippen molar-refractivity contribution in [3.8, 4) is 0 Å². The molecule has 0 aliphatic heterocycles. The Morgan fingerprint density at radius 2 is 2.18 bits per heavy atom. The summed E-state index contributed by atoms with van der Waals surface area (Å²) in [7, 11) is 0. The summed E-state index contributed by atoms with van der Waals surface area (Å²) >= 11 is 7.36. The number of thioether (sulfide) groups is 1. The molecule has 1 aliphatic carbocycles. The minimum absolute atomic E-state index is 0.0188. The minimum Gasteiger partial charge on any atom is -0.351 e. The van der Waals surface area contributed by atoms with Crippen LogP contribution in [0.1, 0.15) is 31.4 Å². The summed E-state index contributed by atoms with van der Waals surface area (Å²) in [4.78, 5) is 16.6. The van der Waals surface area contributed by atoms with Crippen LogP contribution in [0.2, 0.25) is 5.02 Å². The molecule has 1 fully saturated rings. The van der Waals surface area contributed by atoms with E-state index in [0.717, 1.165) is 10.7 Å². The Morgan fingerprint density at radius 1 is 1.45 bits per heavy atom. The monoisotopic (exact) mass is 335 g/mol. The Hall–Kier alpha value is -1.46. The number of aromatic nitrogens is 2. The van der Waals surface area contributed by atoms with Gasteiger partial charge in [0.2, 0.25) is 5.91 Å². The first-order chi connectivity index (χ1) is 10.6. The van der Waals surface area contributed by atoms with Crippen LogP contribution in [0, 0.1) is 0 Å². The first-order valence-electron chi connectivity index (χ1n) is 7.35. The smallest absolute Gasteiger partial charge is 0.233 e. The van der Waals surface area contributed by atoms with Crippen molar-refractivity contribution in [3.63, 3.8) is 0 Å². The Labute approximate surface area is 139 Å². The summed E-state index contributed by atoms with van der Waals surface area (Å²) in [5, 5.41) is 4.41. The van der Waals surface area contributed by atoms with Crippen LogP contribution >= 0.6 is 23.4 Å². The van der Waals surface area contributed by atoms with Crippen molar-refractivity contribution >= 4 is 29.3 Å². The van der Waals surface area contributed by atoms with Crippen LogP contribution in [-0.4, -0.2) is 20.7 Å². The number of carbonyl (C=O) groups is 1. The maximum Gasteiger partial charge on any atom is 0.233 e. The van der Waals surface area contributed by atoms with Crippen LogP contribution in [0.25, 0.3) is 0 Å². The quantitative estimate of drug-likeness (QED) is 0.819. The van der Waals surface area contributed by atoms with Crippen molar-refractivity contribution in [2.24, 2.45) is 0 Å². The highest BCUT2D eigenvalue weighted by Gasteiger charge is 2.27. The highest BCUT2D eigenvalue weighted by atomic mass is 35.5. The molecule has 1 aromatic heterocycles. The molecule has 1 saturated carbocycles. The Balaban J connectivity index is 1.53. The normalized spacial score (nSPS) is 15.5. The van der Waals surface area contributed by atoms with Gasteiger partial charge in [-0.15, -0.1) is 0 Å². The van der Waals surface area contributed by atoms with E-state index in [1.807, 2.05) is 37.4 Å². The van der Waals surface area contributed by atoms with Crippen LogP contribution in [0.4, 0.5) is 0 Å². The zero-order chi connectivity index (χ0) is 15.5. The third-order valence-electron chi connectivity index (χ3n) is 3.60. The number of nitrogens with one attached hydrogen (secondary N) is 1. The van der Waals surface area contributed by atoms with E-state index >= 15 is 0 Å². The summed E-state index contributed by atoms with van der Waals surface area (Å²) in [5.74, 6) is 0.0188. The molecular formula is C16H18ClN3OS. The average molecular weight is 336 g/mol. The van der Waals surface area contributed by atoms with Crippen molar-refractivity contribution in [1.29, 1.82) is 0 Å². The molecule has 4 nitrogen and oxygen atoms in total. The van der Waals surface area contributed by atoms with Gasteiger partial charge in [-0.3, -0.25) is 4.79 Å². The number of halogens is 1. The maximum absolute atomic E-state index is 12.2. The number of benzene rings is 1. The molecule has 0 spiro atoms. The van der Waals surface area contributed by atoms with Crippen molar-refractivity contribution < 1.29 is 4.79 Å². The second kappa shape index (κ2) is 6.75. The predicted molar refractivity (Wildman–Crippen MR) is 89.1 cm³/mol. The van der Waals surface area contributed by atoms with Crippen LogP contribution < -0.4 is 5.32 Å². The number of nitrogens with zero attached hydrogens (tertiary/aromatic N) is 2. The molecule has 6 heteroatoms. The second-order valence-corrected chi connectivity index (χ2v) is 7.20. The molecular weight excluding hydrogens is 318 g/mol. The van der Waals surface area contributed by atoms with Crippen molar-refractivity contribution in [2.45, 2.75) is 42.8 Å². The summed E-state index contributed by atoms with van der Waals surface area (Å²) in [6, 6.07) is 8.07. The molecule has 0 bridgehead atoms. The van der Waals surface area contributed by atoms with Gasteiger partial charge >= 0.3 is 0 Å². The number of imidazole rings is 1. The number of rotatable bonds is 6. The van der Waals surface area contributed by atoms with Gasteiger partial charge in [-0.25, -0.2) is 4.98 Å².